The minimum Gasteiger partial charge on any atom is -0.343 e. The van der Waals surface area contributed by atoms with Gasteiger partial charge in [-0.3, -0.25) is 4.79 Å². The number of ether oxygens (including phenoxy) is 2. The van der Waals surface area contributed by atoms with Crippen LogP contribution in [0.1, 0.15) is 13.8 Å². The molecule has 4 atom stereocenters. The minimum absolute atomic E-state index is 0.168. The van der Waals surface area contributed by atoms with E-state index < -0.39 is 10.1 Å². The minimum atomic E-state index is -1.31. The quantitative estimate of drug-likeness (QED) is 0.635. The van der Waals surface area contributed by atoms with Crippen molar-refractivity contribution in [3.05, 3.63) is 10.6 Å². The van der Waals surface area contributed by atoms with E-state index >= 15 is 0 Å². The highest BCUT2D eigenvalue weighted by atomic mass is 79.9. The summed E-state index contributed by atoms with van der Waals surface area (Å²) in [6.07, 6.45) is 1.34. The maximum atomic E-state index is 11.9. The molecular formula is C11H11BrCl2O3. The molecule has 3 aliphatic rings. The highest BCUT2D eigenvalue weighted by Crippen LogP contribution is 2.58. The first-order chi connectivity index (χ1) is 7.74. The summed E-state index contributed by atoms with van der Waals surface area (Å²) >= 11 is 15.5. The van der Waals surface area contributed by atoms with Gasteiger partial charge < -0.3 is 9.47 Å². The lowest BCUT2D eigenvalue weighted by Crippen LogP contribution is -2.63. The van der Waals surface area contributed by atoms with Crippen molar-refractivity contribution in [1.29, 1.82) is 0 Å². The number of carbonyl (C=O) groups excluding carboxylic acids is 1. The molecule has 1 aliphatic heterocycles. The first-order valence-corrected chi connectivity index (χ1v) is 6.94. The van der Waals surface area contributed by atoms with Crippen LogP contribution in [-0.4, -0.2) is 28.1 Å². The molecule has 0 amide bonds. The van der Waals surface area contributed by atoms with Gasteiger partial charge in [0.2, 0.25) is 0 Å². The largest absolute Gasteiger partial charge is 0.343 e. The number of ketones is 1. The van der Waals surface area contributed by atoms with Gasteiger partial charge >= 0.3 is 0 Å². The lowest BCUT2D eigenvalue weighted by molar-refractivity contribution is -0.160. The van der Waals surface area contributed by atoms with Gasteiger partial charge in [-0.25, -0.2) is 0 Å². The Labute approximate surface area is 118 Å². The summed E-state index contributed by atoms with van der Waals surface area (Å²) in [6, 6.07) is 0. The predicted octanol–water partition coefficient (Wildman–Crippen LogP) is 2.79. The fourth-order valence-corrected chi connectivity index (χ4v) is 4.06. The second-order valence-corrected chi connectivity index (χ2v) is 7.41. The average Bonchev–Trinajstić information content (AvgIpc) is 2.53. The van der Waals surface area contributed by atoms with Gasteiger partial charge in [0.15, 0.2) is 15.9 Å². The molecule has 0 spiro atoms. The molecule has 0 unspecified atom stereocenters. The van der Waals surface area contributed by atoms with E-state index in [1.165, 1.54) is 0 Å². The number of hydrogen-bond donors (Lipinski definition) is 0. The molecule has 94 valence electrons. The Hall–Kier alpha value is 0.390. The first-order valence-electron chi connectivity index (χ1n) is 5.39. The van der Waals surface area contributed by atoms with E-state index in [-0.39, 0.29) is 29.8 Å². The van der Waals surface area contributed by atoms with Crippen molar-refractivity contribution in [3.63, 3.8) is 0 Å². The van der Waals surface area contributed by atoms with Crippen LogP contribution >= 0.6 is 39.1 Å². The number of rotatable bonds is 0. The summed E-state index contributed by atoms with van der Waals surface area (Å²) < 4.78 is 11.1. The highest BCUT2D eigenvalue weighted by Gasteiger charge is 2.67. The molecule has 2 aliphatic carbocycles. The van der Waals surface area contributed by atoms with Crippen LogP contribution in [0, 0.1) is 11.8 Å². The van der Waals surface area contributed by atoms with Crippen LogP contribution in [0.3, 0.4) is 0 Å². The molecule has 2 fully saturated rings. The van der Waals surface area contributed by atoms with Crippen molar-refractivity contribution in [1.82, 2.24) is 0 Å². The molecule has 0 bridgehead atoms. The van der Waals surface area contributed by atoms with Crippen LogP contribution in [0.4, 0.5) is 0 Å². The zero-order chi connectivity index (χ0) is 12.6. The smallest absolute Gasteiger partial charge is 0.183 e. The molecule has 3 rings (SSSR count). The van der Waals surface area contributed by atoms with E-state index in [1.54, 1.807) is 0 Å². The van der Waals surface area contributed by atoms with Crippen LogP contribution in [0.25, 0.3) is 0 Å². The molecule has 1 saturated carbocycles. The highest BCUT2D eigenvalue weighted by molar-refractivity contribution is 9.11. The Balaban J connectivity index is 1.98. The molecule has 6 heteroatoms. The number of hydrogen-bond acceptors (Lipinski definition) is 3. The maximum Gasteiger partial charge on any atom is 0.183 e. The number of alkyl halides is 2. The molecule has 17 heavy (non-hydrogen) atoms. The Bertz CT molecular complexity index is 432. The summed E-state index contributed by atoms with van der Waals surface area (Å²) in [7, 11) is 0. The molecule has 0 aromatic carbocycles. The van der Waals surface area contributed by atoms with E-state index in [0.717, 1.165) is 4.48 Å². The average molecular weight is 342 g/mol. The van der Waals surface area contributed by atoms with Crippen molar-refractivity contribution in [2.75, 3.05) is 0 Å². The summed E-state index contributed by atoms with van der Waals surface area (Å²) in [5.41, 5.74) is 0. The number of Topliss-reactive ketones (excluding diaryl/α,β-unsaturated/α-hetero) is 1. The SMILES string of the molecule is CC1(C)O[C@H]2[C@@H]3C(=O)C(Cl)(Cl)[C@@H]3C=C(Br)[C@H]2O1. The fourth-order valence-electron chi connectivity index (χ4n) is 2.77. The van der Waals surface area contributed by atoms with E-state index in [4.69, 9.17) is 32.7 Å². The van der Waals surface area contributed by atoms with E-state index in [0.29, 0.717) is 0 Å². The zero-order valence-corrected chi connectivity index (χ0v) is 12.3. The molecule has 0 radical (unpaired) electrons. The van der Waals surface area contributed by atoms with Gasteiger partial charge in [-0.05, 0) is 13.8 Å². The van der Waals surface area contributed by atoms with Crippen molar-refractivity contribution in [2.45, 2.75) is 36.2 Å². The lowest BCUT2D eigenvalue weighted by atomic mass is 9.64. The summed E-state index contributed by atoms with van der Waals surface area (Å²) in [6.45, 7) is 3.66. The molecule has 1 saturated heterocycles. The molecule has 0 aromatic heterocycles. The van der Waals surface area contributed by atoms with E-state index in [9.17, 15) is 4.79 Å². The van der Waals surface area contributed by atoms with Crippen molar-refractivity contribution in [2.24, 2.45) is 11.8 Å². The van der Waals surface area contributed by atoms with Gasteiger partial charge in [0.05, 0.1) is 5.92 Å². The normalized spacial score (nSPS) is 45.7. The third-order valence-electron chi connectivity index (χ3n) is 3.53. The van der Waals surface area contributed by atoms with Gasteiger partial charge in [-0.15, -0.1) is 0 Å². The Morgan fingerprint density at radius 2 is 2.00 bits per heavy atom. The third kappa shape index (κ3) is 1.58. The van der Waals surface area contributed by atoms with Crippen molar-refractivity contribution >= 4 is 44.9 Å². The Morgan fingerprint density at radius 1 is 1.35 bits per heavy atom. The standard InChI is InChI=1S/C11H11BrCl2O3/c1-10(2)16-7-5(12)3-4-6(8(7)17-10)9(15)11(4,13)14/h3-4,6-8H,1-2H3/t4-,6-,7-,8+/m1/s1. The molecule has 0 N–H and O–H groups in total. The fraction of sp³-hybridized carbons (Fsp3) is 0.727. The van der Waals surface area contributed by atoms with E-state index in [1.807, 2.05) is 19.9 Å². The van der Waals surface area contributed by atoms with Crippen molar-refractivity contribution in [3.8, 4) is 0 Å². The van der Waals surface area contributed by atoms with Gasteiger partial charge in [0, 0.05) is 10.4 Å². The second kappa shape index (κ2) is 3.48. The lowest BCUT2D eigenvalue weighted by Gasteiger charge is -2.49. The van der Waals surface area contributed by atoms with Crippen molar-refractivity contribution < 1.29 is 14.3 Å². The maximum absolute atomic E-state index is 11.9. The van der Waals surface area contributed by atoms with Gasteiger partial charge in [0.1, 0.15) is 12.2 Å². The topological polar surface area (TPSA) is 35.5 Å². The van der Waals surface area contributed by atoms with Gasteiger partial charge in [0.25, 0.3) is 0 Å². The summed E-state index contributed by atoms with van der Waals surface area (Å²) in [4.78, 5) is 11.9. The van der Waals surface area contributed by atoms with Gasteiger partial charge in [-0.1, -0.05) is 45.2 Å². The van der Waals surface area contributed by atoms with E-state index in [2.05, 4.69) is 15.9 Å². The Morgan fingerprint density at radius 3 is 2.65 bits per heavy atom. The van der Waals surface area contributed by atoms with Crippen LogP contribution in [0.2, 0.25) is 0 Å². The molecule has 0 aromatic rings. The van der Waals surface area contributed by atoms with Crippen LogP contribution in [0.5, 0.6) is 0 Å². The number of allylic oxidation sites excluding steroid dienone is 1. The van der Waals surface area contributed by atoms with Crippen LogP contribution in [-0.2, 0) is 14.3 Å². The third-order valence-corrected chi connectivity index (χ3v) is 5.12. The predicted molar refractivity (Wildman–Crippen MR) is 67.3 cm³/mol. The zero-order valence-electron chi connectivity index (χ0n) is 9.25. The first kappa shape index (κ1) is 12.4. The second-order valence-electron chi connectivity index (χ2n) is 5.11. The molecular weight excluding hydrogens is 331 g/mol. The number of fused-ring (bicyclic) bond motifs is 3. The monoisotopic (exact) mass is 340 g/mol. The molecule has 3 nitrogen and oxygen atoms in total. The molecule has 1 heterocycles. The van der Waals surface area contributed by atoms with Gasteiger partial charge in [-0.2, -0.15) is 0 Å². The number of halogens is 3. The Kier molecular flexibility index (Phi) is 2.54. The summed E-state index contributed by atoms with van der Waals surface area (Å²) in [5.74, 6) is -1.35. The summed E-state index contributed by atoms with van der Waals surface area (Å²) in [5, 5.41) is 0. The number of carbonyl (C=O) groups is 1. The van der Waals surface area contributed by atoms with Crippen LogP contribution in [0.15, 0.2) is 10.6 Å². The van der Waals surface area contributed by atoms with Crippen LogP contribution < -0.4 is 0 Å².